The van der Waals surface area contributed by atoms with Gasteiger partial charge in [-0.3, -0.25) is 9.69 Å². The molecule has 1 aliphatic rings. The summed E-state index contributed by atoms with van der Waals surface area (Å²) in [5, 5.41) is 0. The van der Waals surface area contributed by atoms with Gasteiger partial charge in [0.05, 0.1) is 18.7 Å². The highest BCUT2D eigenvalue weighted by atomic mass is 19.4. The van der Waals surface area contributed by atoms with E-state index in [2.05, 4.69) is 15.0 Å². The Morgan fingerprint density at radius 3 is 2.42 bits per heavy atom. The number of nitrogens with one attached hydrogen (secondary N) is 1. The molecule has 8 nitrogen and oxygen atoms in total. The van der Waals surface area contributed by atoms with Crippen LogP contribution in [-0.4, -0.2) is 57.7 Å². The monoisotopic (exact) mass is 439 g/mol. The Morgan fingerprint density at radius 1 is 1.23 bits per heavy atom. The number of hydrogen-bond donors (Lipinski definition) is 1. The minimum Gasteiger partial charge on any atom is -0.449 e. The number of carbonyl (C=O) groups is 1. The lowest BCUT2D eigenvalue weighted by Gasteiger charge is -2.43. The molecule has 1 fully saturated rings. The number of anilines is 1. The topological polar surface area (TPSA) is 91.4 Å². The number of ether oxygens (including phenoxy) is 1. The van der Waals surface area contributed by atoms with Gasteiger partial charge in [0.25, 0.3) is 5.56 Å². The molecule has 0 bridgehead atoms. The van der Waals surface area contributed by atoms with Gasteiger partial charge in [-0.25, -0.2) is 14.8 Å². The van der Waals surface area contributed by atoms with E-state index in [9.17, 15) is 22.8 Å². The highest BCUT2D eigenvalue weighted by Gasteiger charge is 2.35. The van der Waals surface area contributed by atoms with Gasteiger partial charge in [-0.2, -0.15) is 13.2 Å². The maximum Gasteiger partial charge on any atom is 0.421 e. The van der Waals surface area contributed by atoms with E-state index in [1.54, 1.807) is 17.3 Å². The molecule has 0 aliphatic carbocycles. The zero-order valence-electron chi connectivity index (χ0n) is 17.4. The number of aryl methyl sites for hydroxylation is 1. The first-order valence-corrected chi connectivity index (χ1v) is 9.83. The number of carbonyl (C=O) groups excluding carboxylic acids is 1. The van der Waals surface area contributed by atoms with Crippen molar-refractivity contribution in [2.45, 2.75) is 45.5 Å². The van der Waals surface area contributed by atoms with Crippen LogP contribution < -0.4 is 10.5 Å². The first kappa shape index (κ1) is 22.6. The largest absolute Gasteiger partial charge is 0.449 e. The summed E-state index contributed by atoms with van der Waals surface area (Å²) < 4.78 is 43.9. The third-order valence-electron chi connectivity index (χ3n) is 5.06. The second kappa shape index (κ2) is 8.94. The minimum absolute atomic E-state index is 0.0472. The number of H-pyrrole nitrogens is 1. The van der Waals surface area contributed by atoms with Crippen molar-refractivity contribution in [1.82, 2.24) is 19.9 Å². The van der Waals surface area contributed by atoms with Crippen molar-refractivity contribution in [3.63, 3.8) is 0 Å². The molecular formula is C20H24F3N5O3. The summed E-state index contributed by atoms with van der Waals surface area (Å²) in [5.74, 6) is 0.593. The van der Waals surface area contributed by atoms with E-state index < -0.39 is 23.4 Å². The van der Waals surface area contributed by atoms with Crippen LogP contribution in [0.25, 0.3) is 0 Å². The molecule has 0 unspecified atom stereocenters. The van der Waals surface area contributed by atoms with E-state index in [4.69, 9.17) is 4.74 Å². The first-order valence-electron chi connectivity index (χ1n) is 9.83. The molecule has 2 aromatic rings. The van der Waals surface area contributed by atoms with Gasteiger partial charge in [-0.1, -0.05) is 0 Å². The number of halogens is 3. The highest BCUT2D eigenvalue weighted by molar-refractivity contribution is 5.69. The number of amides is 1. The van der Waals surface area contributed by atoms with Crippen molar-refractivity contribution in [2.24, 2.45) is 0 Å². The molecule has 11 heteroatoms. The molecular weight excluding hydrogens is 415 g/mol. The van der Waals surface area contributed by atoms with E-state index in [0.29, 0.717) is 19.0 Å². The van der Waals surface area contributed by atoms with Crippen molar-refractivity contribution in [2.75, 3.05) is 24.6 Å². The van der Waals surface area contributed by atoms with Crippen molar-refractivity contribution in [1.29, 1.82) is 0 Å². The van der Waals surface area contributed by atoms with Gasteiger partial charge in [0.15, 0.2) is 0 Å². The predicted molar refractivity (Wildman–Crippen MR) is 107 cm³/mol. The number of nitrogens with zero attached hydrogens (tertiary/aromatic N) is 4. The lowest BCUT2D eigenvalue weighted by molar-refractivity contribution is -0.138. The van der Waals surface area contributed by atoms with Gasteiger partial charge >= 0.3 is 12.3 Å². The molecule has 1 N–H and O–H groups in total. The average molecular weight is 439 g/mol. The van der Waals surface area contributed by atoms with Gasteiger partial charge in [-0.15, -0.1) is 0 Å². The fourth-order valence-electron chi connectivity index (χ4n) is 3.61. The molecule has 1 saturated heterocycles. The standard InChI is InChI=1S/C20H24F3N5O3/c1-12-7-25-18(26-8-12)27-10-13(2)28(14(3)11-27)19(30)31-5-4-15-6-16(20(21,22)23)17(29)24-9-15/h6-9,13-14H,4-5,10-11H2,1-3H3,(H,24,29)/t13-,14+. The Morgan fingerprint density at radius 2 is 1.84 bits per heavy atom. The van der Waals surface area contributed by atoms with Crippen LogP contribution in [0.3, 0.4) is 0 Å². The Labute approximate surface area is 177 Å². The Kier molecular flexibility index (Phi) is 6.51. The number of piperazine rings is 1. The molecule has 168 valence electrons. The maximum absolute atomic E-state index is 12.9. The molecule has 1 amide bonds. The molecule has 3 heterocycles. The van der Waals surface area contributed by atoms with Crippen LogP contribution in [0.5, 0.6) is 0 Å². The zero-order valence-corrected chi connectivity index (χ0v) is 17.4. The number of rotatable bonds is 4. The number of hydrogen-bond acceptors (Lipinski definition) is 6. The van der Waals surface area contributed by atoms with Gasteiger partial charge in [0.2, 0.25) is 5.95 Å². The molecule has 1 aliphatic heterocycles. The van der Waals surface area contributed by atoms with Crippen LogP contribution in [-0.2, 0) is 17.3 Å². The second-order valence-electron chi connectivity index (χ2n) is 7.68. The van der Waals surface area contributed by atoms with Crippen LogP contribution in [0.15, 0.2) is 29.5 Å². The summed E-state index contributed by atoms with van der Waals surface area (Å²) in [6, 6.07) is 0.426. The fourth-order valence-corrected chi connectivity index (χ4v) is 3.61. The van der Waals surface area contributed by atoms with E-state index in [1.807, 2.05) is 25.7 Å². The molecule has 3 rings (SSSR count). The van der Waals surface area contributed by atoms with E-state index >= 15 is 0 Å². The van der Waals surface area contributed by atoms with Gasteiger partial charge in [-0.05, 0) is 38.0 Å². The summed E-state index contributed by atoms with van der Waals surface area (Å²) in [6.07, 6.45) is -0.572. The smallest absolute Gasteiger partial charge is 0.421 e. The SMILES string of the molecule is Cc1cnc(N2C[C@@H](C)N(C(=O)OCCc3c[nH]c(=O)c(C(F)(F)F)c3)[C@@H](C)C2)nc1. The van der Waals surface area contributed by atoms with E-state index in [0.717, 1.165) is 11.6 Å². The Bertz CT molecular complexity index is 965. The Balaban J connectivity index is 1.57. The Hall–Kier alpha value is -3.11. The lowest BCUT2D eigenvalue weighted by atomic mass is 10.1. The molecule has 31 heavy (non-hydrogen) atoms. The van der Waals surface area contributed by atoms with Crippen LogP contribution in [0.2, 0.25) is 0 Å². The second-order valence-corrected chi connectivity index (χ2v) is 7.68. The molecule has 0 aromatic carbocycles. The maximum atomic E-state index is 12.9. The normalized spacial score (nSPS) is 19.4. The lowest BCUT2D eigenvalue weighted by Crippen LogP contribution is -2.59. The fraction of sp³-hybridized carbons (Fsp3) is 0.500. The first-order chi connectivity index (χ1) is 14.6. The summed E-state index contributed by atoms with van der Waals surface area (Å²) in [7, 11) is 0. The summed E-state index contributed by atoms with van der Waals surface area (Å²) >= 11 is 0. The number of aromatic amines is 1. The van der Waals surface area contributed by atoms with E-state index in [-0.39, 0.29) is 30.7 Å². The highest BCUT2D eigenvalue weighted by Crippen LogP contribution is 2.26. The van der Waals surface area contributed by atoms with Gasteiger partial charge in [0, 0.05) is 38.1 Å². The summed E-state index contributed by atoms with van der Waals surface area (Å²) in [6.45, 7) is 6.61. The quantitative estimate of drug-likeness (QED) is 0.788. The van der Waals surface area contributed by atoms with E-state index in [1.165, 1.54) is 6.20 Å². The molecule has 0 radical (unpaired) electrons. The van der Waals surface area contributed by atoms with Crippen molar-refractivity contribution < 1.29 is 22.7 Å². The van der Waals surface area contributed by atoms with Crippen molar-refractivity contribution in [3.8, 4) is 0 Å². The molecule has 0 saturated carbocycles. The predicted octanol–water partition coefficient (Wildman–Crippen LogP) is 2.77. The number of pyridine rings is 1. The molecule has 2 atom stereocenters. The zero-order chi connectivity index (χ0) is 22.8. The molecule has 0 spiro atoms. The summed E-state index contributed by atoms with van der Waals surface area (Å²) in [4.78, 5) is 38.3. The van der Waals surface area contributed by atoms with Gasteiger partial charge < -0.3 is 14.6 Å². The van der Waals surface area contributed by atoms with Crippen molar-refractivity contribution >= 4 is 12.0 Å². The van der Waals surface area contributed by atoms with Crippen LogP contribution in [0.4, 0.5) is 23.9 Å². The number of alkyl halides is 3. The minimum atomic E-state index is -4.74. The van der Waals surface area contributed by atoms with Crippen molar-refractivity contribution in [3.05, 3.63) is 51.7 Å². The average Bonchev–Trinajstić information content (AvgIpc) is 2.68. The third-order valence-corrected chi connectivity index (χ3v) is 5.06. The van der Waals surface area contributed by atoms with Crippen LogP contribution in [0.1, 0.15) is 30.5 Å². The van der Waals surface area contributed by atoms with Crippen LogP contribution >= 0.6 is 0 Å². The summed E-state index contributed by atoms with van der Waals surface area (Å²) in [5.41, 5.74) is -1.29. The van der Waals surface area contributed by atoms with Crippen LogP contribution in [0, 0.1) is 6.92 Å². The number of aromatic nitrogens is 3. The van der Waals surface area contributed by atoms with Gasteiger partial charge in [0.1, 0.15) is 5.56 Å². The molecule has 2 aromatic heterocycles. The third kappa shape index (κ3) is 5.33.